The summed E-state index contributed by atoms with van der Waals surface area (Å²) in [7, 11) is 0. The number of benzene rings is 2. The number of H-pyrrole nitrogens is 1. The number of hydrogen-bond donors (Lipinski definition) is 2. The summed E-state index contributed by atoms with van der Waals surface area (Å²) in [5.41, 5.74) is 7.77. The van der Waals surface area contributed by atoms with Crippen molar-refractivity contribution in [1.82, 2.24) is 19.7 Å². The molecular formula is C24H25N5OS2. The Morgan fingerprint density at radius 2 is 1.81 bits per heavy atom. The molecular weight excluding hydrogens is 438 g/mol. The largest absolute Gasteiger partial charge is 0.302 e. The minimum Gasteiger partial charge on any atom is -0.302 e. The van der Waals surface area contributed by atoms with E-state index in [4.69, 9.17) is 12.2 Å². The predicted molar refractivity (Wildman–Crippen MR) is 133 cm³/mol. The molecule has 0 fully saturated rings. The van der Waals surface area contributed by atoms with Crippen LogP contribution in [-0.2, 0) is 11.3 Å². The van der Waals surface area contributed by atoms with E-state index in [0.29, 0.717) is 16.4 Å². The highest BCUT2D eigenvalue weighted by Gasteiger charge is 2.13. The van der Waals surface area contributed by atoms with Gasteiger partial charge in [-0.25, -0.2) is 4.98 Å². The van der Waals surface area contributed by atoms with Gasteiger partial charge in [0.05, 0.1) is 5.69 Å². The molecule has 1 amide bonds. The Hall–Kier alpha value is -3.10. The van der Waals surface area contributed by atoms with Crippen LogP contribution in [0.15, 0.2) is 41.8 Å². The van der Waals surface area contributed by atoms with E-state index < -0.39 is 0 Å². The molecule has 8 heteroatoms. The number of nitrogens with one attached hydrogen (secondary N) is 2. The first-order valence-corrected chi connectivity index (χ1v) is 11.7. The minimum absolute atomic E-state index is 0.110. The van der Waals surface area contributed by atoms with E-state index in [-0.39, 0.29) is 12.3 Å². The quantitative estimate of drug-likeness (QED) is 0.344. The Kier molecular flexibility index (Phi) is 6.34. The van der Waals surface area contributed by atoms with Gasteiger partial charge in [0.15, 0.2) is 15.7 Å². The summed E-state index contributed by atoms with van der Waals surface area (Å²) in [6, 6.07) is 12.4. The summed E-state index contributed by atoms with van der Waals surface area (Å²) in [6.45, 7) is 8.75. The zero-order valence-electron chi connectivity index (χ0n) is 18.5. The Balaban J connectivity index is 1.44. The van der Waals surface area contributed by atoms with Crippen LogP contribution in [0.5, 0.6) is 0 Å². The number of aryl methyl sites for hydroxylation is 4. The van der Waals surface area contributed by atoms with Crippen molar-refractivity contribution in [3.05, 3.63) is 68.8 Å². The second kappa shape index (κ2) is 9.18. The van der Waals surface area contributed by atoms with Crippen molar-refractivity contribution in [1.29, 1.82) is 0 Å². The van der Waals surface area contributed by atoms with Gasteiger partial charge < -0.3 is 5.32 Å². The highest BCUT2D eigenvalue weighted by Crippen LogP contribution is 2.29. The van der Waals surface area contributed by atoms with Crippen molar-refractivity contribution in [3.63, 3.8) is 0 Å². The molecule has 2 aromatic carbocycles. The summed E-state index contributed by atoms with van der Waals surface area (Å²) in [4.78, 5) is 17.2. The summed E-state index contributed by atoms with van der Waals surface area (Å²) in [6.07, 6.45) is 0.268. The molecule has 2 N–H and O–H groups in total. The number of rotatable bonds is 6. The first kappa shape index (κ1) is 22.1. The molecule has 4 aromatic rings. The molecule has 0 aliphatic carbocycles. The van der Waals surface area contributed by atoms with Crippen molar-refractivity contribution in [3.8, 4) is 22.6 Å². The molecule has 0 bridgehead atoms. The van der Waals surface area contributed by atoms with Gasteiger partial charge in [-0.3, -0.25) is 14.5 Å². The molecule has 0 radical (unpaired) electrons. The number of hydrogen-bond acceptors (Lipinski definition) is 5. The fraction of sp³-hybridized carbons (Fsp3) is 0.250. The lowest BCUT2D eigenvalue weighted by atomic mass is 9.99. The highest BCUT2D eigenvalue weighted by atomic mass is 32.1. The molecule has 4 rings (SSSR count). The molecule has 0 aliphatic heterocycles. The van der Waals surface area contributed by atoms with Crippen LogP contribution in [0.25, 0.3) is 22.6 Å². The highest BCUT2D eigenvalue weighted by molar-refractivity contribution is 7.71. The molecule has 164 valence electrons. The van der Waals surface area contributed by atoms with Crippen LogP contribution in [-0.4, -0.2) is 25.7 Å². The van der Waals surface area contributed by atoms with Crippen LogP contribution in [0.2, 0.25) is 0 Å². The minimum atomic E-state index is -0.110. The van der Waals surface area contributed by atoms with Crippen LogP contribution in [0, 0.1) is 32.5 Å². The summed E-state index contributed by atoms with van der Waals surface area (Å²) in [5, 5.41) is 12.7. The van der Waals surface area contributed by atoms with E-state index in [1.54, 1.807) is 0 Å². The first-order valence-electron chi connectivity index (χ1n) is 10.4. The molecule has 6 nitrogen and oxygen atoms in total. The molecule has 32 heavy (non-hydrogen) atoms. The maximum absolute atomic E-state index is 12.6. The number of anilines is 1. The molecule has 0 atom stereocenters. The molecule has 0 unspecified atom stereocenters. The average molecular weight is 464 g/mol. The third-order valence-corrected chi connectivity index (χ3v) is 6.57. The van der Waals surface area contributed by atoms with Crippen molar-refractivity contribution in [2.24, 2.45) is 0 Å². The first-order chi connectivity index (χ1) is 15.3. The lowest BCUT2D eigenvalue weighted by Gasteiger charge is -2.08. The number of thiazole rings is 1. The van der Waals surface area contributed by atoms with Gasteiger partial charge in [0.1, 0.15) is 0 Å². The van der Waals surface area contributed by atoms with Crippen molar-refractivity contribution >= 4 is 34.6 Å². The van der Waals surface area contributed by atoms with E-state index in [1.165, 1.54) is 33.6 Å². The number of carbonyl (C=O) groups excluding carboxylic acids is 1. The van der Waals surface area contributed by atoms with Crippen LogP contribution in [0.1, 0.15) is 28.7 Å². The predicted octanol–water partition coefficient (Wildman–Crippen LogP) is 5.99. The Morgan fingerprint density at radius 1 is 1.09 bits per heavy atom. The normalized spacial score (nSPS) is 11.0. The molecule has 0 spiro atoms. The van der Waals surface area contributed by atoms with E-state index in [9.17, 15) is 4.79 Å². The second-order valence-electron chi connectivity index (χ2n) is 7.96. The zero-order chi connectivity index (χ0) is 22.8. The van der Waals surface area contributed by atoms with Gasteiger partial charge in [0.2, 0.25) is 5.91 Å². The monoisotopic (exact) mass is 463 g/mol. The third kappa shape index (κ3) is 4.71. The van der Waals surface area contributed by atoms with Gasteiger partial charge in [-0.15, -0.1) is 11.3 Å². The zero-order valence-corrected chi connectivity index (χ0v) is 20.2. The maximum atomic E-state index is 12.6. The standard InChI is InChI=1S/C24H25N5OS2/c1-14-5-7-18(8-6-14)22-27-28-24(31)29(22)10-9-21(30)26-23-25-20(13-32-23)19-12-16(3)15(2)11-17(19)4/h5-8,11-13H,9-10H2,1-4H3,(H,28,31)(H,25,26,30). The van der Waals surface area contributed by atoms with Crippen molar-refractivity contribution in [2.75, 3.05) is 5.32 Å². The van der Waals surface area contributed by atoms with Crippen LogP contribution in [0.3, 0.4) is 0 Å². The van der Waals surface area contributed by atoms with Crippen molar-refractivity contribution < 1.29 is 4.79 Å². The molecule has 0 saturated heterocycles. The van der Waals surface area contributed by atoms with Crippen LogP contribution < -0.4 is 5.32 Å². The van der Waals surface area contributed by atoms with Crippen molar-refractivity contribution in [2.45, 2.75) is 40.7 Å². The Labute approximate surface area is 196 Å². The van der Waals surface area contributed by atoms with E-state index >= 15 is 0 Å². The summed E-state index contributed by atoms with van der Waals surface area (Å²) < 4.78 is 2.35. The average Bonchev–Trinajstić information content (AvgIpc) is 3.36. The topological polar surface area (TPSA) is 75.6 Å². The van der Waals surface area contributed by atoms with Gasteiger partial charge in [0, 0.05) is 29.5 Å². The van der Waals surface area contributed by atoms with Gasteiger partial charge in [-0.2, -0.15) is 5.10 Å². The van der Waals surface area contributed by atoms with Gasteiger partial charge in [-0.05, 0) is 62.7 Å². The lowest BCUT2D eigenvalue weighted by Crippen LogP contribution is -2.15. The van der Waals surface area contributed by atoms with Gasteiger partial charge in [0.25, 0.3) is 0 Å². The number of carbonyl (C=O) groups is 1. The second-order valence-corrected chi connectivity index (χ2v) is 9.20. The summed E-state index contributed by atoms with van der Waals surface area (Å²) in [5.74, 6) is 0.616. The van der Waals surface area contributed by atoms with Crippen LogP contribution >= 0.6 is 23.6 Å². The van der Waals surface area contributed by atoms with E-state index in [0.717, 1.165) is 22.6 Å². The maximum Gasteiger partial charge on any atom is 0.227 e. The molecule has 0 aliphatic rings. The third-order valence-electron chi connectivity index (χ3n) is 5.50. The molecule has 2 aromatic heterocycles. The Morgan fingerprint density at radius 3 is 2.56 bits per heavy atom. The number of nitrogens with zero attached hydrogens (tertiary/aromatic N) is 3. The van der Waals surface area contributed by atoms with E-state index in [2.05, 4.69) is 53.4 Å². The van der Waals surface area contributed by atoms with Gasteiger partial charge in [-0.1, -0.05) is 35.9 Å². The fourth-order valence-corrected chi connectivity index (χ4v) is 4.48. The van der Waals surface area contributed by atoms with Crippen LogP contribution in [0.4, 0.5) is 5.13 Å². The number of aromatic nitrogens is 4. The SMILES string of the molecule is Cc1ccc(-c2n[nH]c(=S)n2CCC(=O)Nc2nc(-c3cc(C)c(C)cc3C)cs2)cc1. The fourth-order valence-electron chi connectivity index (χ4n) is 3.53. The Bertz CT molecular complexity index is 1330. The number of aromatic amines is 1. The smallest absolute Gasteiger partial charge is 0.227 e. The molecule has 2 heterocycles. The molecule has 0 saturated carbocycles. The van der Waals surface area contributed by atoms with Gasteiger partial charge >= 0.3 is 0 Å². The summed E-state index contributed by atoms with van der Waals surface area (Å²) >= 11 is 6.80. The number of amides is 1. The van der Waals surface area contributed by atoms with E-state index in [1.807, 2.05) is 41.1 Å². The lowest BCUT2D eigenvalue weighted by molar-refractivity contribution is -0.116.